The number of amides is 1. The lowest BCUT2D eigenvalue weighted by Gasteiger charge is -2.19. The van der Waals surface area contributed by atoms with E-state index in [2.05, 4.69) is 22.4 Å². The molecule has 0 aliphatic heterocycles. The van der Waals surface area contributed by atoms with Crippen LogP contribution in [0.15, 0.2) is 34.7 Å². The van der Waals surface area contributed by atoms with Crippen LogP contribution in [0.2, 0.25) is 0 Å². The second kappa shape index (κ2) is 8.88. The highest BCUT2D eigenvalue weighted by Crippen LogP contribution is 2.38. The van der Waals surface area contributed by atoms with Crippen molar-refractivity contribution in [2.75, 3.05) is 26.0 Å². The van der Waals surface area contributed by atoms with Gasteiger partial charge in [-0.2, -0.15) is 0 Å². The standard InChI is InChI=1S/C16H22N4OS2/c1-4-5-11-17-15-18-19-16(23-15)22-13(14(21)20(2)3)12-9-7-6-8-10-12/h6-10,13H,4-5,11H2,1-3H3,(H,17,18). The van der Waals surface area contributed by atoms with E-state index in [0.29, 0.717) is 0 Å². The number of carbonyl (C=O) groups is 1. The summed E-state index contributed by atoms with van der Waals surface area (Å²) < 4.78 is 0.799. The van der Waals surface area contributed by atoms with Crippen molar-refractivity contribution in [3.8, 4) is 0 Å². The van der Waals surface area contributed by atoms with Crippen LogP contribution in [-0.4, -0.2) is 41.6 Å². The Labute approximate surface area is 145 Å². The van der Waals surface area contributed by atoms with Gasteiger partial charge in [0.2, 0.25) is 11.0 Å². The first-order chi connectivity index (χ1) is 11.1. The van der Waals surface area contributed by atoms with Crippen LogP contribution in [0.1, 0.15) is 30.6 Å². The van der Waals surface area contributed by atoms with Gasteiger partial charge < -0.3 is 10.2 Å². The van der Waals surface area contributed by atoms with Crippen LogP contribution in [0.25, 0.3) is 0 Å². The minimum Gasteiger partial charge on any atom is -0.360 e. The van der Waals surface area contributed by atoms with Crippen molar-refractivity contribution in [1.29, 1.82) is 0 Å². The van der Waals surface area contributed by atoms with Crippen LogP contribution in [0, 0.1) is 0 Å². The number of aromatic nitrogens is 2. The van der Waals surface area contributed by atoms with Crippen molar-refractivity contribution in [3.05, 3.63) is 35.9 Å². The number of anilines is 1. The molecule has 7 heteroatoms. The maximum Gasteiger partial charge on any atom is 0.240 e. The monoisotopic (exact) mass is 350 g/mol. The number of thioether (sulfide) groups is 1. The zero-order chi connectivity index (χ0) is 16.7. The maximum atomic E-state index is 12.5. The molecule has 0 saturated carbocycles. The summed E-state index contributed by atoms with van der Waals surface area (Å²) in [6, 6.07) is 9.79. The lowest BCUT2D eigenvalue weighted by molar-refractivity contribution is -0.128. The summed E-state index contributed by atoms with van der Waals surface area (Å²) in [6.45, 7) is 3.05. The molecule has 1 unspecified atom stereocenters. The van der Waals surface area contributed by atoms with Crippen molar-refractivity contribution >= 4 is 34.1 Å². The predicted molar refractivity (Wildman–Crippen MR) is 97.0 cm³/mol. The average molecular weight is 351 g/mol. The first kappa shape index (κ1) is 17.7. The Kier molecular flexibility index (Phi) is 6.85. The molecule has 1 heterocycles. The zero-order valence-electron chi connectivity index (χ0n) is 13.7. The molecule has 5 nitrogen and oxygen atoms in total. The van der Waals surface area contributed by atoms with Gasteiger partial charge in [0, 0.05) is 20.6 Å². The van der Waals surface area contributed by atoms with Gasteiger partial charge in [0.1, 0.15) is 5.25 Å². The van der Waals surface area contributed by atoms with Gasteiger partial charge in [-0.05, 0) is 12.0 Å². The highest BCUT2D eigenvalue weighted by atomic mass is 32.2. The third-order valence-corrected chi connectivity index (χ3v) is 5.41. The summed E-state index contributed by atoms with van der Waals surface area (Å²) >= 11 is 2.95. The fourth-order valence-electron chi connectivity index (χ4n) is 1.93. The van der Waals surface area contributed by atoms with Crippen molar-refractivity contribution in [2.45, 2.75) is 29.4 Å². The fraction of sp³-hybridized carbons (Fsp3) is 0.438. The van der Waals surface area contributed by atoms with Crippen LogP contribution < -0.4 is 5.32 Å². The number of likely N-dealkylation sites (N-methyl/N-ethyl adjacent to an activating group) is 1. The third kappa shape index (κ3) is 5.21. The van der Waals surface area contributed by atoms with Crippen molar-refractivity contribution < 1.29 is 4.79 Å². The largest absolute Gasteiger partial charge is 0.360 e. The lowest BCUT2D eigenvalue weighted by atomic mass is 10.1. The van der Waals surface area contributed by atoms with Gasteiger partial charge in [0.15, 0.2) is 4.34 Å². The Balaban J connectivity index is 2.10. The maximum absolute atomic E-state index is 12.5. The Morgan fingerprint density at radius 2 is 2.04 bits per heavy atom. The highest BCUT2D eigenvalue weighted by Gasteiger charge is 2.25. The topological polar surface area (TPSA) is 58.1 Å². The summed E-state index contributed by atoms with van der Waals surface area (Å²) in [5.74, 6) is 0.0527. The number of nitrogens with zero attached hydrogens (tertiary/aromatic N) is 3. The van der Waals surface area contributed by atoms with E-state index in [4.69, 9.17) is 0 Å². The van der Waals surface area contributed by atoms with Crippen LogP contribution in [-0.2, 0) is 4.79 Å². The molecule has 0 radical (unpaired) electrons. The number of benzene rings is 1. The van der Waals surface area contributed by atoms with E-state index in [9.17, 15) is 4.79 Å². The van der Waals surface area contributed by atoms with Crippen LogP contribution in [0.3, 0.4) is 0 Å². The van der Waals surface area contributed by atoms with Gasteiger partial charge in [-0.1, -0.05) is 66.8 Å². The van der Waals surface area contributed by atoms with E-state index in [0.717, 1.165) is 34.4 Å². The van der Waals surface area contributed by atoms with Gasteiger partial charge in [-0.15, -0.1) is 10.2 Å². The smallest absolute Gasteiger partial charge is 0.240 e. The summed E-state index contributed by atoms with van der Waals surface area (Å²) in [5, 5.41) is 12.1. The highest BCUT2D eigenvalue weighted by molar-refractivity contribution is 8.01. The molecule has 0 bridgehead atoms. The third-order valence-electron chi connectivity index (χ3n) is 3.20. The summed E-state index contributed by atoms with van der Waals surface area (Å²) in [4.78, 5) is 14.1. The van der Waals surface area contributed by atoms with E-state index in [1.54, 1.807) is 19.0 Å². The lowest BCUT2D eigenvalue weighted by Crippen LogP contribution is -2.26. The summed E-state index contributed by atoms with van der Waals surface area (Å²) in [5.41, 5.74) is 0.979. The zero-order valence-corrected chi connectivity index (χ0v) is 15.3. The number of hydrogen-bond acceptors (Lipinski definition) is 6. The molecule has 0 fully saturated rings. The molecule has 1 atom stereocenters. The van der Waals surface area contributed by atoms with Crippen molar-refractivity contribution in [1.82, 2.24) is 15.1 Å². The Hall–Kier alpha value is -1.60. The summed E-state index contributed by atoms with van der Waals surface area (Å²) in [7, 11) is 3.55. The average Bonchev–Trinajstić information content (AvgIpc) is 3.00. The molecular weight excluding hydrogens is 328 g/mol. The molecule has 1 N–H and O–H groups in total. The van der Waals surface area contributed by atoms with E-state index < -0.39 is 0 Å². The molecule has 23 heavy (non-hydrogen) atoms. The number of hydrogen-bond donors (Lipinski definition) is 1. The van der Waals surface area contributed by atoms with Gasteiger partial charge in [0.05, 0.1) is 0 Å². The molecule has 2 rings (SSSR count). The number of carbonyl (C=O) groups excluding carboxylic acids is 1. The van der Waals surface area contributed by atoms with Crippen molar-refractivity contribution in [2.24, 2.45) is 0 Å². The number of nitrogens with one attached hydrogen (secondary N) is 1. The molecule has 0 spiro atoms. The van der Waals surface area contributed by atoms with Gasteiger partial charge in [0.25, 0.3) is 0 Å². The summed E-state index contributed by atoms with van der Waals surface area (Å²) in [6.07, 6.45) is 2.24. The molecule has 1 amide bonds. The molecule has 124 valence electrons. The van der Waals surface area contributed by atoms with Crippen LogP contribution in [0.5, 0.6) is 0 Å². The van der Waals surface area contributed by atoms with E-state index in [1.807, 2.05) is 30.3 Å². The molecule has 0 saturated heterocycles. The SMILES string of the molecule is CCCCNc1nnc(SC(C(=O)N(C)C)c2ccccc2)s1. The van der Waals surface area contributed by atoms with Crippen molar-refractivity contribution in [3.63, 3.8) is 0 Å². The van der Waals surface area contributed by atoms with Crippen LogP contribution >= 0.6 is 23.1 Å². The Morgan fingerprint density at radius 1 is 1.30 bits per heavy atom. The van der Waals surface area contributed by atoms with E-state index in [-0.39, 0.29) is 11.2 Å². The minimum absolute atomic E-state index is 0.0527. The van der Waals surface area contributed by atoms with Gasteiger partial charge in [-0.25, -0.2) is 0 Å². The first-order valence-electron chi connectivity index (χ1n) is 7.62. The predicted octanol–water partition coefficient (Wildman–Crippen LogP) is 3.67. The Bertz CT molecular complexity index is 616. The quantitative estimate of drug-likeness (QED) is 0.581. The fourth-order valence-corrected chi connectivity index (χ4v) is 4.04. The second-order valence-electron chi connectivity index (χ2n) is 5.29. The molecule has 2 aromatic rings. The molecular formula is C16H22N4OS2. The number of rotatable bonds is 8. The second-order valence-corrected chi connectivity index (χ2v) is 7.62. The molecule has 1 aromatic carbocycles. The first-order valence-corrected chi connectivity index (χ1v) is 9.31. The molecule has 0 aliphatic rings. The van der Waals surface area contributed by atoms with Gasteiger partial charge >= 0.3 is 0 Å². The number of unbranched alkanes of at least 4 members (excludes halogenated alkanes) is 1. The molecule has 1 aromatic heterocycles. The minimum atomic E-state index is -0.303. The van der Waals surface area contributed by atoms with Crippen LogP contribution in [0.4, 0.5) is 5.13 Å². The van der Waals surface area contributed by atoms with E-state index >= 15 is 0 Å². The van der Waals surface area contributed by atoms with E-state index in [1.165, 1.54) is 23.1 Å². The Morgan fingerprint density at radius 3 is 2.70 bits per heavy atom. The van der Waals surface area contributed by atoms with Gasteiger partial charge in [-0.3, -0.25) is 4.79 Å². The normalized spacial score (nSPS) is 12.0. The molecule has 0 aliphatic carbocycles.